The highest BCUT2D eigenvalue weighted by molar-refractivity contribution is 5.68. The average molecular weight is 239 g/mol. The molecule has 1 N–H and O–H groups in total. The Bertz CT molecular complexity index is 629. The van der Waals surface area contributed by atoms with Crippen LogP contribution < -0.4 is 4.74 Å². The van der Waals surface area contributed by atoms with Crippen molar-refractivity contribution in [3.05, 3.63) is 54.1 Å². The highest BCUT2D eigenvalue weighted by Crippen LogP contribution is 2.24. The molecular weight excluding hydrogens is 230 g/mol. The minimum atomic E-state index is -1.35. The molecular formula is C14H9NO3. The number of nitrogens with zero attached hydrogens (tertiary/aromatic N) is 1. The quantitative estimate of drug-likeness (QED) is 0.644. The fourth-order valence-corrected chi connectivity index (χ4v) is 1.61. The Hall–Kier alpha value is -2.80. The van der Waals surface area contributed by atoms with Gasteiger partial charge in [-0.1, -0.05) is 24.3 Å². The number of hydrogen-bond donors (Lipinski definition) is 1. The van der Waals surface area contributed by atoms with Gasteiger partial charge in [-0.2, -0.15) is 5.26 Å². The Balaban J connectivity index is 2.38. The number of hydrogen-bond acceptors (Lipinski definition) is 3. The summed E-state index contributed by atoms with van der Waals surface area (Å²) in [4.78, 5) is 10.5. The molecule has 0 aliphatic carbocycles. The van der Waals surface area contributed by atoms with Crippen molar-refractivity contribution < 1.29 is 14.6 Å². The summed E-state index contributed by atoms with van der Waals surface area (Å²) in [6.45, 7) is 0. The Morgan fingerprint density at radius 2 is 1.78 bits per heavy atom. The van der Waals surface area contributed by atoms with Gasteiger partial charge in [-0.3, -0.25) is 0 Å². The number of nitriles is 1. The molecule has 0 fully saturated rings. The van der Waals surface area contributed by atoms with E-state index in [1.807, 2.05) is 12.1 Å². The lowest BCUT2D eigenvalue weighted by Gasteiger charge is -2.04. The zero-order chi connectivity index (χ0) is 13.0. The van der Waals surface area contributed by atoms with Crippen LogP contribution in [0.4, 0.5) is 4.79 Å². The molecule has 4 nitrogen and oxygen atoms in total. The normalized spacial score (nSPS) is 9.50. The smallest absolute Gasteiger partial charge is 0.449 e. The van der Waals surface area contributed by atoms with Crippen LogP contribution in [0.3, 0.4) is 0 Å². The minimum Gasteiger partial charge on any atom is -0.449 e. The van der Waals surface area contributed by atoms with Crippen molar-refractivity contribution in [2.45, 2.75) is 0 Å². The molecule has 2 aromatic rings. The van der Waals surface area contributed by atoms with Gasteiger partial charge in [0.1, 0.15) is 5.75 Å². The van der Waals surface area contributed by atoms with Crippen molar-refractivity contribution in [1.82, 2.24) is 0 Å². The summed E-state index contributed by atoms with van der Waals surface area (Å²) < 4.78 is 4.58. The topological polar surface area (TPSA) is 70.3 Å². The molecule has 0 spiro atoms. The number of rotatable bonds is 2. The van der Waals surface area contributed by atoms with E-state index >= 15 is 0 Å². The molecule has 0 bridgehead atoms. The monoisotopic (exact) mass is 239 g/mol. The summed E-state index contributed by atoms with van der Waals surface area (Å²) >= 11 is 0. The van der Waals surface area contributed by atoms with Crippen LogP contribution >= 0.6 is 0 Å². The van der Waals surface area contributed by atoms with Gasteiger partial charge in [0, 0.05) is 0 Å². The fraction of sp³-hybridized carbons (Fsp3) is 0. The summed E-state index contributed by atoms with van der Waals surface area (Å²) in [6.07, 6.45) is -1.35. The Morgan fingerprint density at radius 3 is 2.44 bits per heavy atom. The molecule has 0 heterocycles. The van der Waals surface area contributed by atoms with Gasteiger partial charge in [0.2, 0.25) is 0 Å². The van der Waals surface area contributed by atoms with Crippen molar-refractivity contribution in [2.75, 3.05) is 0 Å². The van der Waals surface area contributed by atoms with E-state index in [2.05, 4.69) is 10.8 Å². The minimum absolute atomic E-state index is 0.252. The molecule has 0 saturated heterocycles. The molecule has 0 amide bonds. The molecule has 18 heavy (non-hydrogen) atoms. The number of carbonyl (C=O) groups is 1. The first-order valence-corrected chi connectivity index (χ1v) is 5.20. The first-order chi connectivity index (χ1) is 8.69. The molecule has 0 aliphatic heterocycles. The molecule has 0 radical (unpaired) electrons. The third-order valence-corrected chi connectivity index (χ3v) is 2.36. The van der Waals surface area contributed by atoms with E-state index < -0.39 is 6.16 Å². The fourth-order valence-electron chi connectivity index (χ4n) is 1.61. The van der Waals surface area contributed by atoms with Crippen LogP contribution in [0.2, 0.25) is 0 Å². The van der Waals surface area contributed by atoms with E-state index in [4.69, 9.17) is 10.4 Å². The largest absolute Gasteiger partial charge is 0.511 e. The molecule has 0 aliphatic rings. The van der Waals surface area contributed by atoms with Gasteiger partial charge in [0.05, 0.1) is 11.6 Å². The summed E-state index contributed by atoms with van der Waals surface area (Å²) in [6, 6.07) is 15.8. The van der Waals surface area contributed by atoms with E-state index in [1.165, 1.54) is 0 Å². The van der Waals surface area contributed by atoms with E-state index in [-0.39, 0.29) is 5.75 Å². The SMILES string of the molecule is N#Cc1cccc(-c2cccc(OC(=O)O)c2)c1. The van der Waals surface area contributed by atoms with Crippen LogP contribution in [0.1, 0.15) is 5.56 Å². The summed E-state index contributed by atoms with van der Waals surface area (Å²) in [5, 5.41) is 17.4. The molecule has 2 aromatic carbocycles. The third kappa shape index (κ3) is 2.66. The predicted molar refractivity (Wildman–Crippen MR) is 65.2 cm³/mol. The highest BCUT2D eigenvalue weighted by atomic mass is 16.7. The van der Waals surface area contributed by atoms with Crippen molar-refractivity contribution in [3.63, 3.8) is 0 Å². The number of carboxylic acid groups (broad SMARTS) is 1. The summed E-state index contributed by atoms with van der Waals surface area (Å²) in [5.41, 5.74) is 2.19. The third-order valence-electron chi connectivity index (χ3n) is 2.36. The van der Waals surface area contributed by atoms with Crippen molar-refractivity contribution in [3.8, 4) is 22.9 Å². The van der Waals surface area contributed by atoms with E-state index in [9.17, 15) is 4.79 Å². The van der Waals surface area contributed by atoms with Gasteiger partial charge in [0.25, 0.3) is 0 Å². The Morgan fingerprint density at radius 1 is 1.11 bits per heavy atom. The van der Waals surface area contributed by atoms with Crippen LogP contribution in [0.25, 0.3) is 11.1 Å². The van der Waals surface area contributed by atoms with E-state index in [0.29, 0.717) is 5.56 Å². The molecule has 2 rings (SSSR count). The molecule has 0 atom stereocenters. The maximum Gasteiger partial charge on any atom is 0.511 e. The van der Waals surface area contributed by atoms with Crippen molar-refractivity contribution >= 4 is 6.16 Å². The first kappa shape index (κ1) is 11.7. The van der Waals surface area contributed by atoms with Gasteiger partial charge in [-0.25, -0.2) is 4.79 Å². The lowest BCUT2D eigenvalue weighted by Crippen LogP contribution is -2.02. The van der Waals surface area contributed by atoms with Crippen LogP contribution in [0, 0.1) is 11.3 Å². The molecule has 88 valence electrons. The van der Waals surface area contributed by atoms with Gasteiger partial charge >= 0.3 is 6.16 Å². The molecule has 0 unspecified atom stereocenters. The van der Waals surface area contributed by atoms with Gasteiger partial charge in [-0.15, -0.1) is 0 Å². The molecule has 4 heteroatoms. The maximum absolute atomic E-state index is 10.5. The van der Waals surface area contributed by atoms with E-state index in [0.717, 1.165) is 11.1 Å². The van der Waals surface area contributed by atoms with Gasteiger partial charge in [0.15, 0.2) is 0 Å². The maximum atomic E-state index is 10.5. The first-order valence-electron chi connectivity index (χ1n) is 5.20. The lowest BCUT2D eigenvalue weighted by atomic mass is 10.0. The second kappa shape index (κ2) is 5.02. The van der Waals surface area contributed by atoms with Crippen LogP contribution in [-0.2, 0) is 0 Å². The Kier molecular flexibility index (Phi) is 3.26. The van der Waals surface area contributed by atoms with Gasteiger partial charge in [-0.05, 0) is 35.4 Å². The zero-order valence-corrected chi connectivity index (χ0v) is 9.33. The van der Waals surface area contributed by atoms with E-state index in [1.54, 1.807) is 36.4 Å². The standard InChI is InChI=1S/C14H9NO3/c15-9-10-3-1-4-11(7-10)12-5-2-6-13(8-12)18-14(16)17/h1-8H,(H,16,17). The number of ether oxygens (including phenoxy) is 1. The lowest BCUT2D eigenvalue weighted by molar-refractivity contribution is 0.144. The second-order valence-corrected chi connectivity index (χ2v) is 3.59. The molecule has 0 aromatic heterocycles. The Labute approximate surface area is 104 Å². The number of benzene rings is 2. The van der Waals surface area contributed by atoms with Crippen LogP contribution in [-0.4, -0.2) is 11.3 Å². The van der Waals surface area contributed by atoms with Gasteiger partial charge < -0.3 is 9.84 Å². The zero-order valence-electron chi connectivity index (χ0n) is 9.33. The van der Waals surface area contributed by atoms with Crippen molar-refractivity contribution in [2.24, 2.45) is 0 Å². The highest BCUT2D eigenvalue weighted by Gasteiger charge is 2.04. The second-order valence-electron chi connectivity index (χ2n) is 3.59. The van der Waals surface area contributed by atoms with Crippen LogP contribution in [0.15, 0.2) is 48.5 Å². The molecule has 0 saturated carbocycles. The van der Waals surface area contributed by atoms with Crippen molar-refractivity contribution in [1.29, 1.82) is 5.26 Å². The summed E-state index contributed by atoms with van der Waals surface area (Å²) in [5.74, 6) is 0.252. The summed E-state index contributed by atoms with van der Waals surface area (Å²) in [7, 11) is 0. The predicted octanol–water partition coefficient (Wildman–Crippen LogP) is 3.28. The van der Waals surface area contributed by atoms with Crippen LogP contribution in [0.5, 0.6) is 5.75 Å². The average Bonchev–Trinajstić information content (AvgIpc) is 2.38.